The molecule has 6 saturated carbocycles. The van der Waals surface area contributed by atoms with E-state index in [9.17, 15) is 8.42 Å². The summed E-state index contributed by atoms with van der Waals surface area (Å²) in [7, 11) is -3.64. The highest BCUT2D eigenvalue weighted by molar-refractivity contribution is 9.10. The molecule has 23 heavy (non-hydrogen) atoms. The quantitative estimate of drug-likeness (QED) is 0.734. The lowest BCUT2D eigenvalue weighted by Gasteiger charge is -2.38. The van der Waals surface area contributed by atoms with E-state index in [0.29, 0.717) is 5.92 Å². The van der Waals surface area contributed by atoms with Crippen LogP contribution in [0.15, 0.2) is 33.6 Å². The summed E-state index contributed by atoms with van der Waals surface area (Å²) < 4.78 is 31.9. The van der Waals surface area contributed by atoms with Gasteiger partial charge in [-0.2, -0.15) is 8.42 Å². The van der Waals surface area contributed by atoms with Crippen LogP contribution in [-0.2, 0) is 14.3 Å². The molecule has 0 aliphatic heterocycles. The minimum Gasteiger partial charge on any atom is -0.263 e. The first-order valence-corrected chi connectivity index (χ1v) is 11.0. The van der Waals surface area contributed by atoms with E-state index in [1.54, 1.807) is 24.3 Å². The number of halogens is 1. The van der Waals surface area contributed by atoms with Crippen molar-refractivity contribution in [1.82, 2.24) is 0 Å². The maximum absolute atomic E-state index is 12.6. The Bertz CT molecular complexity index is 781. The van der Waals surface area contributed by atoms with Crippen LogP contribution >= 0.6 is 15.9 Å². The average molecular weight is 395 g/mol. The largest absolute Gasteiger partial charge is 0.297 e. The van der Waals surface area contributed by atoms with Crippen molar-refractivity contribution in [3.05, 3.63) is 28.7 Å². The molecule has 0 unspecified atom stereocenters. The van der Waals surface area contributed by atoms with E-state index in [0.717, 1.165) is 52.3 Å². The van der Waals surface area contributed by atoms with E-state index < -0.39 is 10.1 Å². The van der Waals surface area contributed by atoms with Gasteiger partial charge in [-0.1, -0.05) is 15.9 Å². The molecule has 8 bridgehead atoms. The molecule has 0 heterocycles. The Hall–Kier alpha value is -0.390. The van der Waals surface area contributed by atoms with E-state index in [2.05, 4.69) is 15.9 Å². The molecule has 9 atom stereocenters. The van der Waals surface area contributed by atoms with Gasteiger partial charge in [-0.3, -0.25) is 4.18 Å². The molecule has 6 aliphatic rings. The fourth-order valence-electron chi connectivity index (χ4n) is 7.77. The summed E-state index contributed by atoms with van der Waals surface area (Å²) in [6.45, 7) is 0. The van der Waals surface area contributed by atoms with Gasteiger partial charge in [0.2, 0.25) is 0 Å². The summed E-state index contributed by atoms with van der Waals surface area (Å²) in [4.78, 5) is 0.280. The van der Waals surface area contributed by atoms with Crippen LogP contribution in [0.5, 0.6) is 0 Å². The van der Waals surface area contributed by atoms with Crippen LogP contribution in [0.25, 0.3) is 0 Å². The van der Waals surface area contributed by atoms with E-state index >= 15 is 0 Å². The molecule has 0 aromatic heterocycles. The second kappa shape index (κ2) is 4.23. The normalized spacial score (nSPS) is 51.3. The second-order valence-corrected chi connectivity index (χ2v) is 10.7. The number of hydrogen-bond donors (Lipinski definition) is 0. The fourth-order valence-corrected chi connectivity index (χ4v) is 9.15. The third-order valence-corrected chi connectivity index (χ3v) is 9.74. The van der Waals surface area contributed by atoms with Crippen molar-refractivity contribution in [3.63, 3.8) is 0 Å². The first-order chi connectivity index (χ1) is 11.1. The lowest BCUT2D eigenvalue weighted by molar-refractivity contribution is 0.0471. The highest BCUT2D eigenvalue weighted by atomic mass is 79.9. The van der Waals surface area contributed by atoms with Crippen LogP contribution in [0.4, 0.5) is 0 Å². The van der Waals surface area contributed by atoms with Crippen LogP contribution in [0.2, 0.25) is 0 Å². The molecule has 6 fully saturated rings. The predicted molar refractivity (Wildman–Crippen MR) is 88.0 cm³/mol. The maximum atomic E-state index is 12.6. The molecule has 5 heteroatoms. The Labute approximate surface area is 145 Å². The third-order valence-electron chi connectivity index (χ3n) is 7.86. The van der Waals surface area contributed by atoms with Gasteiger partial charge in [0.25, 0.3) is 10.1 Å². The summed E-state index contributed by atoms with van der Waals surface area (Å²) in [6, 6.07) is 6.77. The zero-order valence-electron chi connectivity index (χ0n) is 12.6. The standard InChI is InChI=1S/C18H19BrO3S/c19-8-1-3-9(4-2-8)23(20,21)22-13-7-12-15-10-5-6-11-14(10)17(12)18(13)16(11)15/h1-4,10-18H,5-7H2/t10-,11-,12+,13-,14-,15+,16+,17-,18+/m1/s1. The predicted octanol–water partition coefficient (Wildman–Crippen LogP) is 3.69. The molecular formula is C18H19BrO3S. The first kappa shape index (κ1) is 13.9. The van der Waals surface area contributed by atoms with E-state index in [4.69, 9.17) is 4.18 Å². The number of hydrogen-bond acceptors (Lipinski definition) is 3. The molecule has 0 amide bonds. The van der Waals surface area contributed by atoms with Crippen molar-refractivity contribution in [3.8, 4) is 0 Å². The first-order valence-electron chi connectivity index (χ1n) is 8.75. The molecule has 6 aliphatic carbocycles. The summed E-state index contributed by atoms with van der Waals surface area (Å²) in [5.41, 5.74) is 0. The van der Waals surface area contributed by atoms with Gasteiger partial charge < -0.3 is 0 Å². The van der Waals surface area contributed by atoms with Crippen molar-refractivity contribution in [1.29, 1.82) is 0 Å². The molecule has 3 nitrogen and oxygen atoms in total. The van der Waals surface area contributed by atoms with E-state index in [1.165, 1.54) is 12.8 Å². The van der Waals surface area contributed by atoms with Gasteiger partial charge in [0.05, 0.1) is 11.0 Å². The summed E-state index contributed by atoms with van der Waals surface area (Å²) in [5.74, 6) is 6.59. The van der Waals surface area contributed by atoms with Gasteiger partial charge >= 0.3 is 0 Å². The van der Waals surface area contributed by atoms with Gasteiger partial charge in [-0.05, 0) is 90.9 Å². The van der Waals surface area contributed by atoms with Crippen molar-refractivity contribution in [2.75, 3.05) is 0 Å². The summed E-state index contributed by atoms with van der Waals surface area (Å²) in [6.07, 6.45) is 3.75. The molecular weight excluding hydrogens is 376 g/mol. The fraction of sp³-hybridized carbons (Fsp3) is 0.667. The van der Waals surface area contributed by atoms with Gasteiger partial charge in [0.1, 0.15) is 0 Å². The SMILES string of the molecule is O=S(=O)(O[C@@H]1C[C@H]2[C@@H]3[C@@H]4CC[C@@H]5[C@@H]4[C@@H]2[C@@H]1[C@@H]53)c1ccc(Br)cc1. The Morgan fingerprint density at radius 1 is 0.870 bits per heavy atom. The van der Waals surface area contributed by atoms with Crippen LogP contribution in [0, 0.1) is 47.3 Å². The lowest BCUT2D eigenvalue weighted by atomic mass is 9.70. The smallest absolute Gasteiger partial charge is 0.263 e. The zero-order valence-corrected chi connectivity index (χ0v) is 15.0. The van der Waals surface area contributed by atoms with E-state index in [1.807, 2.05) is 0 Å². The number of rotatable bonds is 3. The number of benzene rings is 1. The Morgan fingerprint density at radius 3 is 2.22 bits per heavy atom. The Kier molecular flexibility index (Phi) is 2.54. The second-order valence-electron chi connectivity index (χ2n) is 8.23. The molecule has 1 aromatic rings. The monoisotopic (exact) mass is 394 g/mol. The summed E-state index contributed by atoms with van der Waals surface area (Å²) >= 11 is 3.35. The van der Waals surface area contributed by atoms with Gasteiger partial charge in [0.15, 0.2) is 0 Å². The topological polar surface area (TPSA) is 43.4 Å². The average Bonchev–Trinajstić information content (AvgIpc) is 3.28. The van der Waals surface area contributed by atoms with E-state index in [-0.39, 0.29) is 11.0 Å². The Morgan fingerprint density at radius 2 is 1.48 bits per heavy atom. The molecule has 7 rings (SSSR count). The molecule has 1 aromatic carbocycles. The molecule has 122 valence electrons. The highest BCUT2D eigenvalue weighted by Crippen LogP contribution is 2.82. The van der Waals surface area contributed by atoms with Crippen LogP contribution in [0.1, 0.15) is 19.3 Å². The van der Waals surface area contributed by atoms with Crippen molar-refractivity contribution in [2.24, 2.45) is 47.3 Å². The van der Waals surface area contributed by atoms with Crippen molar-refractivity contribution < 1.29 is 12.6 Å². The molecule has 0 saturated heterocycles. The Balaban J connectivity index is 1.29. The van der Waals surface area contributed by atoms with Crippen LogP contribution < -0.4 is 0 Å². The highest BCUT2D eigenvalue weighted by Gasteiger charge is 2.79. The van der Waals surface area contributed by atoms with Crippen LogP contribution in [-0.4, -0.2) is 14.5 Å². The van der Waals surface area contributed by atoms with Crippen molar-refractivity contribution >= 4 is 26.0 Å². The molecule has 0 radical (unpaired) electrons. The molecule has 0 N–H and O–H groups in total. The lowest BCUT2D eigenvalue weighted by Crippen LogP contribution is -2.37. The van der Waals surface area contributed by atoms with Gasteiger partial charge in [-0.25, -0.2) is 0 Å². The third kappa shape index (κ3) is 1.53. The summed E-state index contributed by atoms with van der Waals surface area (Å²) in [5, 5.41) is 0. The van der Waals surface area contributed by atoms with Crippen LogP contribution in [0.3, 0.4) is 0 Å². The van der Waals surface area contributed by atoms with Crippen molar-refractivity contribution in [2.45, 2.75) is 30.3 Å². The minimum atomic E-state index is -3.64. The van der Waals surface area contributed by atoms with Gasteiger partial charge in [0, 0.05) is 4.47 Å². The minimum absolute atomic E-state index is 0.0635. The van der Waals surface area contributed by atoms with Gasteiger partial charge in [-0.15, -0.1) is 0 Å². The molecule has 0 spiro atoms. The zero-order chi connectivity index (χ0) is 15.5. The maximum Gasteiger partial charge on any atom is 0.297 e.